The lowest BCUT2D eigenvalue weighted by Crippen LogP contribution is -2.27. The number of anilines is 1. The Morgan fingerprint density at radius 3 is 2.84 bits per heavy atom. The second kappa shape index (κ2) is 7.72. The molecule has 0 saturated carbocycles. The van der Waals surface area contributed by atoms with Gasteiger partial charge in [0.15, 0.2) is 5.03 Å². The highest BCUT2D eigenvalue weighted by atomic mass is 32.2. The fraction of sp³-hybridized carbons (Fsp3) is 0.583. The summed E-state index contributed by atoms with van der Waals surface area (Å²) in [6.07, 6.45) is 4.30. The first kappa shape index (κ1) is 16.3. The molecule has 7 heteroatoms. The second-order valence-electron chi connectivity index (χ2n) is 4.12. The number of hydrogen-bond acceptors (Lipinski definition) is 5. The van der Waals surface area contributed by atoms with E-state index in [0.717, 1.165) is 6.42 Å². The smallest absolute Gasteiger partial charge is 0.260 e. The Morgan fingerprint density at radius 2 is 2.21 bits per heavy atom. The molecule has 5 nitrogen and oxygen atoms in total. The fourth-order valence-corrected chi connectivity index (χ4v) is 3.02. The molecule has 0 radical (unpaired) electrons. The Labute approximate surface area is 119 Å². The van der Waals surface area contributed by atoms with Gasteiger partial charge in [0.2, 0.25) is 0 Å². The van der Waals surface area contributed by atoms with E-state index in [-0.39, 0.29) is 5.03 Å². The first-order chi connectivity index (χ1) is 9.01. The van der Waals surface area contributed by atoms with Gasteiger partial charge in [-0.25, -0.2) is 18.1 Å². The van der Waals surface area contributed by atoms with Crippen LogP contribution < -0.4 is 10.0 Å². The number of pyridine rings is 1. The molecule has 0 aliphatic carbocycles. The van der Waals surface area contributed by atoms with E-state index in [1.165, 1.54) is 6.20 Å². The Balaban J connectivity index is 2.77. The summed E-state index contributed by atoms with van der Waals surface area (Å²) in [5, 5.41) is 3.50. The van der Waals surface area contributed by atoms with E-state index >= 15 is 0 Å². The molecular weight excluding hydrogens is 282 g/mol. The van der Waals surface area contributed by atoms with Crippen molar-refractivity contribution < 1.29 is 8.42 Å². The molecular formula is C12H21N3O2S2. The monoisotopic (exact) mass is 303 g/mol. The van der Waals surface area contributed by atoms with Crippen molar-refractivity contribution in [2.24, 2.45) is 0 Å². The van der Waals surface area contributed by atoms with Crippen molar-refractivity contribution in [3.05, 3.63) is 18.3 Å². The number of sulfonamides is 1. The molecule has 1 aromatic rings. The molecule has 0 amide bonds. The summed E-state index contributed by atoms with van der Waals surface area (Å²) in [6, 6.07) is 3.43. The third kappa shape index (κ3) is 5.00. The molecule has 0 aliphatic heterocycles. The van der Waals surface area contributed by atoms with Crippen LogP contribution in [-0.2, 0) is 10.0 Å². The highest BCUT2D eigenvalue weighted by molar-refractivity contribution is 7.99. The average Bonchev–Trinajstić information content (AvgIpc) is 2.39. The van der Waals surface area contributed by atoms with Crippen LogP contribution in [0, 0.1) is 0 Å². The molecule has 0 saturated heterocycles. The lowest BCUT2D eigenvalue weighted by molar-refractivity contribution is 0.575. The van der Waals surface area contributed by atoms with Crippen molar-refractivity contribution in [2.45, 2.75) is 30.5 Å². The Kier molecular flexibility index (Phi) is 6.60. The first-order valence-corrected chi connectivity index (χ1v) is 8.99. The van der Waals surface area contributed by atoms with Crippen molar-refractivity contribution >= 4 is 27.5 Å². The van der Waals surface area contributed by atoms with E-state index in [1.54, 1.807) is 23.9 Å². The van der Waals surface area contributed by atoms with Crippen molar-refractivity contribution in [2.75, 3.05) is 24.7 Å². The summed E-state index contributed by atoms with van der Waals surface area (Å²) < 4.78 is 27.0. The summed E-state index contributed by atoms with van der Waals surface area (Å²) in [6.45, 7) is 5.06. The summed E-state index contributed by atoms with van der Waals surface area (Å²) in [5.74, 6) is 0. The van der Waals surface area contributed by atoms with Gasteiger partial charge in [-0.3, -0.25) is 0 Å². The molecule has 108 valence electrons. The molecule has 1 atom stereocenters. The van der Waals surface area contributed by atoms with E-state index in [0.29, 0.717) is 24.0 Å². The molecule has 0 aromatic carbocycles. The molecule has 0 aliphatic rings. The Hall–Kier alpha value is -0.790. The molecule has 19 heavy (non-hydrogen) atoms. The van der Waals surface area contributed by atoms with E-state index in [4.69, 9.17) is 0 Å². The molecule has 1 aromatic heterocycles. The highest BCUT2D eigenvalue weighted by Crippen LogP contribution is 2.17. The number of hydrogen-bond donors (Lipinski definition) is 2. The Morgan fingerprint density at radius 1 is 1.47 bits per heavy atom. The normalized spacial score (nSPS) is 13.2. The molecule has 0 spiro atoms. The molecule has 1 rings (SSSR count). The average molecular weight is 303 g/mol. The number of thioether (sulfide) groups is 1. The SMILES string of the molecule is CCNc1cccnc1S(=O)(=O)NCCC(C)SC. The van der Waals surface area contributed by atoms with Gasteiger partial charge < -0.3 is 5.32 Å². The zero-order valence-electron chi connectivity index (χ0n) is 11.5. The van der Waals surface area contributed by atoms with Gasteiger partial charge in [-0.05, 0) is 31.7 Å². The minimum atomic E-state index is -3.55. The standard InChI is InChI=1S/C12H21N3O2S2/c1-4-13-11-6-5-8-14-12(11)19(16,17)15-9-7-10(2)18-3/h5-6,8,10,13,15H,4,7,9H2,1-3H3. The van der Waals surface area contributed by atoms with Crippen LogP contribution in [0.25, 0.3) is 0 Å². The van der Waals surface area contributed by atoms with Crippen LogP contribution in [0.2, 0.25) is 0 Å². The third-order valence-electron chi connectivity index (χ3n) is 2.64. The first-order valence-electron chi connectivity index (χ1n) is 6.22. The van der Waals surface area contributed by atoms with Crippen LogP contribution >= 0.6 is 11.8 Å². The van der Waals surface area contributed by atoms with Gasteiger partial charge in [0.1, 0.15) is 0 Å². The van der Waals surface area contributed by atoms with Crippen LogP contribution in [0.1, 0.15) is 20.3 Å². The van der Waals surface area contributed by atoms with Crippen LogP contribution in [0.3, 0.4) is 0 Å². The summed E-state index contributed by atoms with van der Waals surface area (Å²) >= 11 is 1.72. The molecule has 0 bridgehead atoms. The lowest BCUT2D eigenvalue weighted by Gasteiger charge is -2.12. The van der Waals surface area contributed by atoms with E-state index in [1.807, 2.05) is 13.2 Å². The Bertz CT molecular complexity index is 492. The van der Waals surface area contributed by atoms with Crippen molar-refractivity contribution in [1.29, 1.82) is 0 Å². The van der Waals surface area contributed by atoms with Crippen LogP contribution in [0.5, 0.6) is 0 Å². The van der Waals surface area contributed by atoms with Crippen molar-refractivity contribution in [3.8, 4) is 0 Å². The maximum absolute atomic E-state index is 12.2. The zero-order valence-corrected chi connectivity index (χ0v) is 13.1. The van der Waals surface area contributed by atoms with E-state index in [2.05, 4.69) is 21.9 Å². The third-order valence-corrected chi connectivity index (χ3v) is 5.10. The quantitative estimate of drug-likeness (QED) is 0.768. The molecule has 2 N–H and O–H groups in total. The predicted octanol–water partition coefficient (Wildman–Crippen LogP) is 1.93. The number of aromatic nitrogens is 1. The fourth-order valence-electron chi connectivity index (χ4n) is 1.51. The maximum atomic E-state index is 12.2. The minimum Gasteiger partial charge on any atom is -0.383 e. The van der Waals surface area contributed by atoms with Crippen LogP contribution in [0.4, 0.5) is 5.69 Å². The van der Waals surface area contributed by atoms with Gasteiger partial charge in [0.25, 0.3) is 10.0 Å². The predicted molar refractivity (Wildman–Crippen MR) is 81.2 cm³/mol. The highest BCUT2D eigenvalue weighted by Gasteiger charge is 2.19. The van der Waals surface area contributed by atoms with Crippen LogP contribution in [-0.4, -0.2) is 38.0 Å². The van der Waals surface area contributed by atoms with E-state index < -0.39 is 10.0 Å². The number of rotatable bonds is 8. The molecule has 1 heterocycles. The van der Waals surface area contributed by atoms with Gasteiger partial charge in [0.05, 0.1) is 5.69 Å². The molecule has 0 fully saturated rings. The van der Waals surface area contributed by atoms with Gasteiger partial charge in [-0.1, -0.05) is 6.92 Å². The summed E-state index contributed by atoms with van der Waals surface area (Å²) in [7, 11) is -3.55. The second-order valence-corrected chi connectivity index (χ2v) is 7.08. The van der Waals surface area contributed by atoms with Gasteiger partial charge >= 0.3 is 0 Å². The topological polar surface area (TPSA) is 71.1 Å². The number of nitrogens with zero attached hydrogens (tertiary/aromatic N) is 1. The van der Waals surface area contributed by atoms with Gasteiger partial charge in [-0.15, -0.1) is 0 Å². The number of nitrogens with one attached hydrogen (secondary N) is 2. The summed E-state index contributed by atoms with van der Waals surface area (Å²) in [4.78, 5) is 3.97. The van der Waals surface area contributed by atoms with E-state index in [9.17, 15) is 8.42 Å². The van der Waals surface area contributed by atoms with Crippen LogP contribution in [0.15, 0.2) is 23.4 Å². The minimum absolute atomic E-state index is 0.0636. The largest absolute Gasteiger partial charge is 0.383 e. The zero-order chi connectivity index (χ0) is 14.3. The molecule has 1 unspecified atom stereocenters. The summed E-state index contributed by atoms with van der Waals surface area (Å²) in [5.41, 5.74) is 0.537. The maximum Gasteiger partial charge on any atom is 0.260 e. The lowest BCUT2D eigenvalue weighted by atomic mass is 10.3. The van der Waals surface area contributed by atoms with Crippen molar-refractivity contribution in [1.82, 2.24) is 9.71 Å². The van der Waals surface area contributed by atoms with Gasteiger partial charge in [0, 0.05) is 24.5 Å². The van der Waals surface area contributed by atoms with Crippen molar-refractivity contribution in [3.63, 3.8) is 0 Å². The van der Waals surface area contributed by atoms with Gasteiger partial charge in [-0.2, -0.15) is 11.8 Å².